The molecule has 160 valence electrons. The number of fused-ring (bicyclic) bond motifs is 2. The second-order valence-corrected chi connectivity index (χ2v) is 8.05. The SMILES string of the molecule is Cc1ccc2ccc(Cn3cc4c(NCc5c(C)cc(N)nc5C)ncnc4n3)cc2n1. The summed E-state index contributed by atoms with van der Waals surface area (Å²) >= 11 is 0. The number of aromatic nitrogens is 6. The van der Waals surface area contributed by atoms with Crippen LogP contribution in [0.25, 0.3) is 21.9 Å². The average Bonchev–Trinajstić information content (AvgIpc) is 3.16. The fourth-order valence-electron chi connectivity index (χ4n) is 3.98. The molecule has 0 aliphatic rings. The molecule has 4 aromatic heterocycles. The van der Waals surface area contributed by atoms with E-state index in [0.29, 0.717) is 24.6 Å². The van der Waals surface area contributed by atoms with Gasteiger partial charge in [-0.3, -0.25) is 9.67 Å². The van der Waals surface area contributed by atoms with Crippen LogP contribution in [0, 0.1) is 20.8 Å². The minimum atomic E-state index is 0.536. The fraction of sp³-hybridized carbons (Fsp3) is 0.208. The van der Waals surface area contributed by atoms with Crippen molar-refractivity contribution in [2.45, 2.75) is 33.9 Å². The summed E-state index contributed by atoms with van der Waals surface area (Å²) in [6.07, 6.45) is 3.51. The van der Waals surface area contributed by atoms with Crippen LogP contribution < -0.4 is 11.1 Å². The summed E-state index contributed by atoms with van der Waals surface area (Å²) in [7, 11) is 0. The van der Waals surface area contributed by atoms with Crippen molar-refractivity contribution in [3.8, 4) is 0 Å². The molecular formula is C24H24N8. The van der Waals surface area contributed by atoms with Gasteiger partial charge in [0.15, 0.2) is 5.65 Å². The summed E-state index contributed by atoms with van der Waals surface area (Å²) in [4.78, 5) is 17.8. The highest BCUT2D eigenvalue weighted by Crippen LogP contribution is 2.22. The molecule has 5 aromatic rings. The number of hydrogen-bond donors (Lipinski definition) is 2. The predicted octanol–water partition coefficient (Wildman–Crippen LogP) is 3.94. The quantitative estimate of drug-likeness (QED) is 0.440. The Morgan fingerprint density at radius 2 is 1.84 bits per heavy atom. The van der Waals surface area contributed by atoms with Gasteiger partial charge in [-0.15, -0.1) is 0 Å². The van der Waals surface area contributed by atoms with Gasteiger partial charge in [0.2, 0.25) is 0 Å². The van der Waals surface area contributed by atoms with Crippen molar-refractivity contribution in [3.63, 3.8) is 0 Å². The van der Waals surface area contributed by atoms with E-state index in [0.717, 1.165) is 50.2 Å². The van der Waals surface area contributed by atoms with Gasteiger partial charge in [-0.1, -0.05) is 18.2 Å². The Balaban J connectivity index is 1.41. The first-order chi connectivity index (χ1) is 15.5. The summed E-state index contributed by atoms with van der Waals surface area (Å²) in [6, 6.07) is 12.3. The fourth-order valence-corrected chi connectivity index (χ4v) is 3.98. The molecule has 0 atom stereocenters. The van der Waals surface area contributed by atoms with Crippen LogP contribution in [0.3, 0.4) is 0 Å². The second-order valence-electron chi connectivity index (χ2n) is 8.05. The topological polar surface area (TPSA) is 107 Å². The van der Waals surface area contributed by atoms with Crippen LogP contribution in [0.1, 0.15) is 28.1 Å². The second kappa shape index (κ2) is 7.88. The Bertz CT molecular complexity index is 1430. The molecule has 0 fully saturated rings. The van der Waals surface area contributed by atoms with Crippen molar-refractivity contribution >= 4 is 33.6 Å². The number of pyridine rings is 2. The van der Waals surface area contributed by atoms with Gasteiger partial charge in [0, 0.05) is 29.5 Å². The molecule has 0 spiro atoms. The average molecular weight is 425 g/mol. The predicted molar refractivity (Wildman–Crippen MR) is 126 cm³/mol. The van der Waals surface area contributed by atoms with E-state index < -0.39 is 0 Å². The zero-order valence-electron chi connectivity index (χ0n) is 18.3. The lowest BCUT2D eigenvalue weighted by Crippen LogP contribution is -2.08. The maximum atomic E-state index is 5.85. The number of anilines is 2. The molecule has 0 aliphatic heterocycles. The number of aryl methyl sites for hydroxylation is 3. The van der Waals surface area contributed by atoms with Crippen molar-refractivity contribution < 1.29 is 0 Å². The minimum absolute atomic E-state index is 0.536. The van der Waals surface area contributed by atoms with Gasteiger partial charge in [0.05, 0.1) is 17.4 Å². The molecule has 0 saturated heterocycles. The Hall–Kier alpha value is -4.07. The number of nitrogen functional groups attached to an aromatic ring is 1. The van der Waals surface area contributed by atoms with Gasteiger partial charge in [0.25, 0.3) is 0 Å². The largest absolute Gasteiger partial charge is 0.384 e. The summed E-state index contributed by atoms with van der Waals surface area (Å²) < 4.78 is 1.89. The summed E-state index contributed by atoms with van der Waals surface area (Å²) in [5.41, 5.74) is 12.7. The van der Waals surface area contributed by atoms with Crippen molar-refractivity contribution in [3.05, 3.63) is 77.0 Å². The molecule has 8 nitrogen and oxygen atoms in total. The first kappa shape index (κ1) is 19.9. The van der Waals surface area contributed by atoms with E-state index in [-0.39, 0.29) is 0 Å². The van der Waals surface area contributed by atoms with E-state index in [1.807, 2.05) is 43.8 Å². The number of hydrogen-bond acceptors (Lipinski definition) is 7. The Morgan fingerprint density at radius 3 is 2.69 bits per heavy atom. The zero-order chi connectivity index (χ0) is 22.2. The van der Waals surface area contributed by atoms with E-state index in [1.54, 1.807) is 0 Å². The highest BCUT2D eigenvalue weighted by atomic mass is 15.3. The minimum Gasteiger partial charge on any atom is -0.384 e. The first-order valence-electron chi connectivity index (χ1n) is 10.5. The molecule has 4 heterocycles. The van der Waals surface area contributed by atoms with Crippen LogP contribution in [0.5, 0.6) is 0 Å². The number of nitrogens with zero attached hydrogens (tertiary/aromatic N) is 6. The van der Waals surface area contributed by atoms with E-state index >= 15 is 0 Å². The van der Waals surface area contributed by atoms with Crippen LogP contribution in [0.2, 0.25) is 0 Å². The van der Waals surface area contributed by atoms with Gasteiger partial charge in [0.1, 0.15) is 18.0 Å². The molecule has 0 bridgehead atoms. The third-order valence-corrected chi connectivity index (χ3v) is 5.61. The van der Waals surface area contributed by atoms with Crippen molar-refractivity contribution in [1.29, 1.82) is 0 Å². The summed E-state index contributed by atoms with van der Waals surface area (Å²) in [5.74, 6) is 1.28. The van der Waals surface area contributed by atoms with E-state index in [9.17, 15) is 0 Å². The van der Waals surface area contributed by atoms with Crippen LogP contribution in [-0.4, -0.2) is 29.7 Å². The number of nitrogens with two attached hydrogens (primary N) is 1. The molecule has 32 heavy (non-hydrogen) atoms. The van der Waals surface area contributed by atoms with Gasteiger partial charge < -0.3 is 11.1 Å². The Labute approximate surface area is 185 Å². The molecular weight excluding hydrogens is 400 g/mol. The molecule has 5 rings (SSSR count). The van der Waals surface area contributed by atoms with E-state index in [4.69, 9.17) is 5.73 Å². The van der Waals surface area contributed by atoms with Gasteiger partial charge in [-0.05, 0) is 55.7 Å². The highest BCUT2D eigenvalue weighted by molar-refractivity contribution is 5.85. The first-order valence-corrected chi connectivity index (χ1v) is 10.5. The smallest absolute Gasteiger partial charge is 0.186 e. The highest BCUT2D eigenvalue weighted by Gasteiger charge is 2.11. The van der Waals surface area contributed by atoms with E-state index in [1.165, 1.54) is 6.33 Å². The molecule has 1 aromatic carbocycles. The zero-order valence-corrected chi connectivity index (χ0v) is 18.3. The maximum absolute atomic E-state index is 5.85. The third kappa shape index (κ3) is 3.82. The number of benzene rings is 1. The molecule has 0 amide bonds. The normalized spacial score (nSPS) is 11.3. The van der Waals surface area contributed by atoms with Crippen molar-refractivity contribution in [2.24, 2.45) is 0 Å². The van der Waals surface area contributed by atoms with Crippen molar-refractivity contribution in [1.82, 2.24) is 29.7 Å². The van der Waals surface area contributed by atoms with Crippen LogP contribution in [0.15, 0.2) is 48.9 Å². The standard InChI is InChI=1S/C24H24N8/c1-14-8-22(25)30-16(3)19(14)10-26-23-20-12-32(31-24(20)28-13-27-23)11-17-5-7-18-6-4-15(2)29-21(18)9-17/h4-9,12-13H,10-11H2,1-3H3,(H2,25,30)(H,26,27,28,31). The van der Waals surface area contributed by atoms with Crippen LogP contribution in [0.4, 0.5) is 11.6 Å². The monoisotopic (exact) mass is 424 g/mol. The number of nitrogens with one attached hydrogen (secondary N) is 1. The van der Waals surface area contributed by atoms with E-state index in [2.05, 4.69) is 54.6 Å². The van der Waals surface area contributed by atoms with Crippen LogP contribution >= 0.6 is 0 Å². The van der Waals surface area contributed by atoms with Gasteiger partial charge in [-0.25, -0.2) is 15.0 Å². The molecule has 8 heteroatoms. The summed E-state index contributed by atoms with van der Waals surface area (Å²) in [6.45, 7) is 7.23. The third-order valence-electron chi connectivity index (χ3n) is 5.61. The van der Waals surface area contributed by atoms with Gasteiger partial charge in [-0.2, -0.15) is 5.10 Å². The Kier molecular flexibility index (Phi) is 4.89. The maximum Gasteiger partial charge on any atom is 0.186 e. The molecule has 0 aliphatic carbocycles. The lowest BCUT2D eigenvalue weighted by molar-refractivity contribution is 0.694. The lowest BCUT2D eigenvalue weighted by Gasteiger charge is -2.12. The molecule has 3 N–H and O–H groups in total. The Morgan fingerprint density at radius 1 is 1.00 bits per heavy atom. The van der Waals surface area contributed by atoms with Crippen molar-refractivity contribution in [2.75, 3.05) is 11.1 Å². The van der Waals surface area contributed by atoms with Gasteiger partial charge >= 0.3 is 0 Å². The lowest BCUT2D eigenvalue weighted by atomic mass is 10.1. The molecule has 0 saturated carbocycles. The number of rotatable bonds is 5. The molecule has 0 unspecified atom stereocenters. The van der Waals surface area contributed by atoms with Crippen LogP contribution in [-0.2, 0) is 13.1 Å². The summed E-state index contributed by atoms with van der Waals surface area (Å²) in [5, 5.41) is 10.1. The molecule has 0 radical (unpaired) electrons.